The summed E-state index contributed by atoms with van der Waals surface area (Å²) in [6, 6.07) is 9.39. The van der Waals surface area contributed by atoms with E-state index in [4.69, 9.17) is 16.6 Å². The van der Waals surface area contributed by atoms with Crippen molar-refractivity contribution in [3.63, 3.8) is 0 Å². The molecule has 1 aromatic heterocycles. The molecule has 0 aliphatic rings. The number of rotatable bonds is 1. The molecule has 0 aliphatic heterocycles. The zero-order valence-electron chi connectivity index (χ0n) is 9.15. The Labute approximate surface area is 99.2 Å². The van der Waals surface area contributed by atoms with Gasteiger partial charge < -0.3 is 9.52 Å². The van der Waals surface area contributed by atoms with Gasteiger partial charge in [0.1, 0.15) is 5.76 Å². The summed E-state index contributed by atoms with van der Waals surface area (Å²) < 4.78 is 5.91. The van der Waals surface area contributed by atoms with Crippen molar-refractivity contribution in [3.05, 3.63) is 46.2 Å². The van der Waals surface area contributed by atoms with Crippen LogP contribution in [-0.2, 0) is 0 Å². The molecule has 0 atom stereocenters. The zero-order valence-corrected chi connectivity index (χ0v) is 9.97. The van der Waals surface area contributed by atoms with Crippen LogP contribution in [0.5, 0.6) is 5.75 Å². The normalized spacial score (nSPS) is 10.4. The fourth-order valence-corrected chi connectivity index (χ4v) is 1.76. The second kappa shape index (κ2) is 4.10. The molecule has 82 valence electrons. The molecule has 1 heterocycles. The number of hydrogen-bond donors (Lipinski definition) is 1. The van der Waals surface area contributed by atoms with E-state index in [0.717, 1.165) is 11.1 Å². The van der Waals surface area contributed by atoms with E-state index in [1.165, 1.54) is 0 Å². The van der Waals surface area contributed by atoms with Gasteiger partial charge in [-0.05, 0) is 19.9 Å². The first kappa shape index (κ1) is 10.9. The maximum atomic E-state index is 9.85. The fourth-order valence-electron chi connectivity index (χ4n) is 1.50. The highest BCUT2D eigenvalue weighted by Crippen LogP contribution is 2.31. The summed E-state index contributed by atoms with van der Waals surface area (Å²) in [5.41, 5.74) is 1.99. The minimum atomic E-state index is 0.0319. The molecular formula is C13H12O2S. The summed E-state index contributed by atoms with van der Waals surface area (Å²) in [5.74, 6) is 1.16. The first-order valence-electron chi connectivity index (χ1n) is 4.98. The largest absolute Gasteiger partial charge is 0.503 e. The van der Waals surface area contributed by atoms with Crippen molar-refractivity contribution in [3.8, 4) is 17.1 Å². The molecule has 0 radical (unpaired) electrons. The summed E-state index contributed by atoms with van der Waals surface area (Å²) in [7, 11) is 0. The third-order valence-corrected chi connectivity index (χ3v) is 2.67. The Hall–Kier alpha value is -1.61. The Bertz CT molecular complexity index is 567. The van der Waals surface area contributed by atoms with Crippen molar-refractivity contribution in [2.75, 3.05) is 0 Å². The van der Waals surface area contributed by atoms with Crippen LogP contribution in [0, 0.1) is 18.4 Å². The first-order valence-corrected chi connectivity index (χ1v) is 5.39. The van der Waals surface area contributed by atoms with Gasteiger partial charge in [-0.25, -0.2) is 0 Å². The lowest BCUT2D eigenvalue weighted by Gasteiger charge is -2.05. The number of hydrogen-bond acceptors (Lipinski definition) is 3. The molecule has 0 unspecified atom stereocenters. The van der Waals surface area contributed by atoms with Gasteiger partial charge in [0.25, 0.3) is 0 Å². The smallest absolute Gasteiger partial charge is 0.177 e. The molecule has 16 heavy (non-hydrogen) atoms. The number of aromatic hydroxyl groups is 1. The molecule has 2 rings (SSSR count). The highest BCUT2D eigenvalue weighted by molar-refractivity contribution is 7.71. The van der Waals surface area contributed by atoms with Crippen LogP contribution < -0.4 is 0 Å². The van der Waals surface area contributed by atoms with E-state index in [2.05, 4.69) is 0 Å². The highest BCUT2D eigenvalue weighted by Gasteiger charge is 2.09. The minimum absolute atomic E-state index is 0.0319. The van der Waals surface area contributed by atoms with Gasteiger partial charge in [-0.1, -0.05) is 42.0 Å². The molecule has 0 saturated heterocycles. The summed E-state index contributed by atoms with van der Waals surface area (Å²) in [4.78, 5) is 0. The molecule has 0 amide bonds. The zero-order chi connectivity index (χ0) is 11.7. The van der Waals surface area contributed by atoms with E-state index in [1.54, 1.807) is 6.07 Å². The van der Waals surface area contributed by atoms with E-state index >= 15 is 0 Å². The summed E-state index contributed by atoms with van der Waals surface area (Å²) >= 11 is 5.04. The number of aryl methyl sites for hydroxylation is 2. The van der Waals surface area contributed by atoms with Gasteiger partial charge in [0.15, 0.2) is 11.5 Å². The van der Waals surface area contributed by atoms with E-state index in [1.807, 2.05) is 38.1 Å². The first-order chi connectivity index (χ1) is 7.58. The lowest BCUT2D eigenvalue weighted by molar-refractivity contribution is 0.433. The van der Waals surface area contributed by atoms with E-state index in [0.29, 0.717) is 16.0 Å². The Kier molecular flexibility index (Phi) is 2.79. The van der Waals surface area contributed by atoms with Crippen LogP contribution >= 0.6 is 12.2 Å². The topological polar surface area (TPSA) is 33.4 Å². The van der Waals surface area contributed by atoms with Gasteiger partial charge in [0.05, 0.1) is 4.51 Å². The Morgan fingerprint density at radius 2 is 1.75 bits per heavy atom. The lowest BCUT2D eigenvalue weighted by Crippen LogP contribution is -1.83. The average Bonchev–Trinajstić information content (AvgIpc) is 2.25. The molecule has 0 fully saturated rings. The third kappa shape index (κ3) is 1.99. The van der Waals surface area contributed by atoms with Crippen LogP contribution in [0.2, 0.25) is 0 Å². The van der Waals surface area contributed by atoms with E-state index < -0.39 is 0 Å². The third-order valence-electron chi connectivity index (χ3n) is 2.36. The second-order valence-corrected chi connectivity index (χ2v) is 4.20. The molecule has 0 bridgehead atoms. The van der Waals surface area contributed by atoms with E-state index in [-0.39, 0.29) is 5.75 Å². The van der Waals surface area contributed by atoms with Crippen LogP contribution in [0.3, 0.4) is 0 Å². The minimum Gasteiger partial charge on any atom is -0.503 e. The molecule has 0 aliphatic carbocycles. The molecule has 0 spiro atoms. The quantitative estimate of drug-likeness (QED) is 0.754. The SMILES string of the molecule is Cc1ccc(-c2oc(C)cc(=S)c2O)cc1. The van der Waals surface area contributed by atoms with Crippen LogP contribution in [0.4, 0.5) is 0 Å². The maximum Gasteiger partial charge on any atom is 0.177 e. The van der Waals surface area contributed by atoms with Crippen LogP contribution in [0.15, 0.2) is 34.7 Å². The van der Waals surface area contributed by atoms with Crippen molar-refractivity contribution < 1.29 is 9.52 Å². The molecule has 0 saturated carbocycles. The molecule has 2 aromatic rings. The van der Waals surface area contributed by atoms with Crippen molar-refractivity contribution in [1.82, 2.24) is 0 Å². The van der Waals surface area contributed by atoms with Crippen molar-refractivity contribution in [2.24, 2.45) is 0 Å². The maximum absolute atomic E-state index is 9.85. The van der Waals surface area contributed by atoms with Gasteiger partial charge in [-0.2, -0.15) is 0 Å². The van der Waals surface area contributed by atoms with Crippen molar-refractivity contribution in [1.29, 1.82) is 0 Å². The standard InChI is InChI=1S/C13H12O2S/c1-8-3-5-10(6-4-8)13-12(14)11(16)7-9(2)15-13/h3-7,14H,1-2H3. The fraction of sp³-hybridized carbons (Fsp3) is 0.154. The molecule has 3 heteroatoms. The molecule has 1 N–H and O–H groups in total. The molecule has 2 nitrogen and oxygen atoms in total. The van der Waals surface area contributed by atoms with Crippen molar-refractivity contribution in [2.45, 2.75) is 13.8 Å². The Balaban J connectivity index is 2.64. The van der Waals surface area contributed by atoms with E-state index in [9.17, 15) is 5.11 Å². The predicted octanol–water partition coefficient (Wildman–Crippen LogP) is 4.00. The van der Waals surface area contributed by atoms with Gasteiger partial charge in [-0.3, -0.25) is 0 Å². The average molecular weight is 232 g/mol. The van der Waals surface area contributed by atoms with Gasteiger partial charge >= 0.3 is 0 Å². The van der Waals surface area contributed by atoms with Crippen molar-refractivity contribution >= 4 is 12.2 Å². The van der Waals surface area contributed by atoms with Crippen LogP contribution in [0.25, 0.3) is 11.3 Å². The predicted molar refractivity (Wildman–Crippen MR) is 66.1 cm³/mol. The monoisotopic (exact) mass is 232 g/mol. The van der Waals surface area contributed by atoms with Gasteiger partial charge in [0, 0.05) is 5.56 Å². The number of benzene rings is 1. The summed E-state index contributed by atoms with van der Waals surface area (Å²) in [6.45, 7) is 3.82. The lowest BCUT2D eigenvalue weighted by atomic mass is 10.1. The van der Waals surface area contributed by atoms with Gasteiger partial charge in [0.2, 0.25) is 0 Å². The Morgan fingerprint density at radius 1 is 1.12 bits per heavy atom. The Morgan fingerprint density at radius 3 is 2.38 bits per heavy atom. The molecular weight excluding hydrogens is 220 g/mol. The summed E-state index contributed by atoms with van der Waals surface area (Å²) in [5, 5.41) is 9.85. The summed E-state index contributed by atoms with van der Waals surface area (Å²) in [6.07, 6.45) is 0. The molecule has 1 aromatic carbocycles. The second-order valence-electron chi connectivity index (χ2n) is 3.77. The highest BCUT2D eigenvalue weighted by atomic mass is 32.1. The van der Waals surface area contributed by atoms with Gasteiger partial charge in [-0.15, -0.1) is 0 Å². The van der Waals surface area contributed by atoms with Crippen LogP contribution in [0.1, 0.15) is 11.3 Å². The van der Waals surface area contributed by atoms with Crippen LogP contribution in [-0.4, -0.2) is 5.11 Å².